The van der Waals surface area contributed by atoms with Crippen LogP contribution in [0.4, 0.5) is 0 Å². The van der Waals surface area contributed by atoms with Gasteiger partial charge in [0.05, 0.1) is 0 Å². The molecule has 0 saturated heterocycles. The van der Waals surface area contributed by atoms with Crippen molar-refractivity contribution in [3.63, 3.8) is 0 Å². The molecular formula is C31H36BrLiO2S3. The number of para-hydroxylation sites is 2. The summed E-state index contributed by atoms with van der Waals surface area (Å²) in [5.41, 5.74) is 0. The smallest absolute Gasteiger partial charge is 0.457 e. The van der Waals surface area contributed by atoms with Crippen molar-refractivity contribution in [2.45, 2.75) is 24.7 Å². The zero-order valence-electron chi connectivity index (χ0n) is 22.9. The Bertz CT molecular complexity index is 1110. The molecule has 4 rings (SSSR count). The summed E-state index contributed by atoms with van der Waals surface area (Å²) in [5, 5.41) is 0. The Morgan fingerprint density at radius 1 is 0.711 bits per heavy atom. The SMILES string of the molecule is Brc1ccc(Oc2ccccc2)cc1.CS(C)=S.CSc1ccc(Oc2ccccc2)cc1.[CH2-]CCC.[Li+]. The van der Waals surface area contributed by atoms with Gasteiger partial charge in [0.2, 0.25) is 0 Å². The minimum atomic E-state index is 0. The standard InChI is InChI=1S/C13H12OS.C12H9BrO.C4H9.C2H6S2.Li/c1-15-13-9-7-12(8-10-13)14-11-5-3-2-4-6-11;13-10-6-8-12(9-7-10)14-11-4-2-1-3-5-11;1-3-4-2;1-4(2)3;/h2-10H,1H3;1-9H;1,3-4H2,2H3;1-2H3;/q;;-1;;+1. The Morgan fingerprint density at radius 3 is 1.34 bits per heavy atom. The van der Waals surface area contributed by atoms with Crippen molar-refractivity contribution in [1.29, 1.82) is 0 Å². The molecule has 0 aliphatic carbocycles. The van der Waals surface area contributed by atoms with E-state index in [9.17, 15) is 0 Å². The quantitative estimate of drug-likeness (QED) is 0.127. The van der Waals surface area contributed by atoms with E-state index in [2.05, 4.69) is 59.4 Å². The number of hydrogen-bond acceptors (Lipinski definition) is 4. The van der Waals surface area contributed by atoms with Gasteiger partial charge in [-0.15, -0.1) is 21.2 Å². The van der Waals surface area contributed by atoms with E-state index in [-0.39, 0.29) is 28.3 Å². The number of benzene rings is 4. The van der Waals surface area contributed by atoms with Gasteiger partial charge in [0, 0.05) is 9.37 Å². The number of thioether (sulfide) groups is 1. The number of hydrogen-bond donors (Lipinski definition) is 0. The predicted molar refractivity (Wildman–Crippen MR) is 172 cm³/mol. The Morgan fingerprint density at radius 2 is 1.03 bits per heavy atom. The van der Waals surface area contributed by atoms with Crippen molar-refractivity contribution in [3.8, 4) is 23.0 Å². The molecular weight excluding hydrogens is 587 g/mol. The summed E-state index contributed by atoms with van der Waals surface area (Å²) in [7, 11) is 0.222. The molecule has 0 N–H and O–H groups in total. The Kier molecular flexibility index (Phi) is 22.4. The van der Waals surface area contributed by atoms with E-state index in [1.165, 1.54) is 11.3 Å². The molecule has 0 aromatic heterocycles. The van der Waals surface area contributed by atoms with Crippen LogP contribution in [-0.4, -0.2) is 18.8 Å². The zero-order valence-corrected chi connectivity index (χ0v) is 27.0. The molecule has 0 saturated carbocycles. The van der Waals surface area contributed by atoms with Crippen LogP contribution in [0.2, 0.25) is 0 Å². The van der Waals surface area contributed by atoms with Crippen LogP contribution in [0, 0.1) is 6.92 Å². The molecule has 0 heterocycles. The van der Waals surface area contributed by atoms with Crippen LogP contribution in [-0.2, 0) is 20.6 Å². The molecule has 0 radical (unpaired) electrons. The number of ether oxygens (including phenoxy) is 2. The van der Waals surface area contributed by atoms with Crippen LogP contribution in [0.5, 0.6) is 23.0 Å². The van der Waals surface area contributed by atoms with Gasteiger partial charge in [-0.25, -0.2) is 0 Å². The molecule has 0 aliphatic rings. The third-order valence-electron chi connectivity index (χ3n) is 4.18. The van der Waals surface area contributed by atoms with Gasteiger partial charge in [-0.3, -0.25) is 0 Å². The Balaban J connectivity index is 0.000000554. The van der Waals surface area contributed by atoms with E-state index in [0.29, 0.717) is 0 Å². The number of rotatable bonds is 6. The van der Waals surface area contributed by atoms with Gasteiger partial charge in [-0.1, -0.05) is 76.9 Å². The van der Waals surface area contributed by atoms with E-state index >= 15 is 0 Å². The topological polar surface area (TPSA) is 18.5 Å². The molecule has 2 nitrogen and oxygen atoms in total. The zero-order chi connectivity index (χ0) is 27.3. The van der Waals surface area contributed by atoms with Crippen molar-refractivity contribution < 1.29 is 28.3 Å². The molecule has 0 unspecified atom stereocenters. The molecule has 0 atom stereocenters. The normalized spacial score (nSPS) is 9.24. The van der Waals surface area contributed by atoms with Crippen LogP contribution < -0.4 is 28.3 Å². The average Bonchev–Trinajstić information content (AvgIpc) is 2.92. The van der Waals surface area contributed by atoms with Gasteiger partial charge in [0.25, 0.3) is 0 Å². The van der Waals surface area contributed by atoms with Gasteiger partial charge in [0.15, 0.2) is 0 Å². The molecule has 7 heteroatoms. The first-order valence-electron chi connectivity index (χ1n) is 11.8. The summed E-state index contributed by atoms with van der Waals surface area (Å²) in [6, 6.07) is 35.4. The van der Waals surface area contributed by atoms with Crippen LogP contribution in [0.25, 0.3) is 0 Å². The first-order chi connectivity index (χ1) is 17.9. The third-order valence-corrected chi connectivity index (χ3v) is 5.46. The fourth-order valence-corrected chi connectivity index (χ4v) is 3.07. The molecule has 0 amide bonds. The molecule has 4 aromatic rings. The molecule has 198 valence electrons. The molecule has 0 aliphatic heterocycles. The van der Waals surface area contributed by atoms with Crippen molar-refractivity contribution in [2.24, 2.45) is 0 Å². The maximum Gasteiger partial charge on any atom is 1.00 e. The van der Waals surface area contributed by atoms with Gasteiger partial charge in [-0.05, 0) is 91.6 Å². The minimum absolute atomic E-state index is 0. The summed E-state index contributed by atoms with van der Waals surface area (Å²) in [6.45, 7) is 5.72. The van der Waals surface area contributed by atoms with E-state index in [0.717, 1.165) is 33.9 Å². The first kappa shape index (κ1) is 36.5. The van der Waals surface area contributed by atoms with Crippen LogP contribution in [0.3, 0.4) is 0 Å². The van der Waals surface area contributed by atoms with Gasteiger partial charge in [0.1, 0.15) is 23.0 Å². The Hall–Kier alpha value is -1.52. The third kappa shape index (κ3) is 18.7. The van der Waals surface area contributed by atoms with Gasteiger partial charge >= 0.3 is 18.9 Å². The Labute approximate surface area is 261 Å². The monoisotopic (exact) mass is 622 g/mol. The molecule has 0 spiro atoms. The summed E-state index contributed by atoms with van der Waals surface area (Å²) in [6.07, 6.45) is 8.36. The number of unbranched alkanes of at least 4 members (excludes halogenated alkanes) is 1. The van der Waals surface area contributed by atoms with Gasteiger partial charge < -0.3 is 16.4 Å². The summed E-state index contributed by atoms with van der Waals surface area (Å²) < 4.78 is 12.3. The molecule has 38 heavy (non-hydrogen) atoms. The second-order valence-corrected chi connectivity index (χ2v) is 12.8. The second-order valence-electron chi connectivity index (χ2n) is 7.55. The fourth-order valence-electron chi connectivity index (χ4n) is 2.40. The molecule has 0 fully saturated rings. The number of halogens is 1. The van der Waals surface area contributed by atoms with Crippen molar-refractivity contribution in [2.75, 3.05) is 18.8 Å². The second kappa shape index (κ2) is 23.4. The largest absolute Gasteiger partial charge is 1.00 e. The van der Waals surface area contributed by atoms with Crippen molar-refractivity contribution in [1.82, 2.24) is 0 Å². The van der Waals surface area contributed by atoms with E-state index in [1.807, 2.05) is 110 Å². The summed E-state index contributed by atoms with van der Waals surface area (Å²) in [4.78, 5) is 1.25. The van der Waals surface area contributed by atoms with E-state index < -0.39 is 0 Å². The maximum absolute atomic E-state index is 5.67. The molecule has 4 aromatic carbocycles. The summed E-state index contributed by atoms with van der Waals surface area (Å²) in [5.74, 6) is 3.45. The van der Waals surface area contributed by atoms with Gasteiger partial charge in [-0.2, -0.15) is 6.42 Å². The van der Waals surface area contributed by atoms with E-state index in [4.69, 9.17) is 9.47 Å². The summed E-state index contributed by atoms with van der Waals surface area (Å²) >= 11 is 9.75. The van der Waals surface area contributed by atoms with Crippen LogP contribution in [0.15, 0.2) is 119 Å². The van der Waals surface area contributed by atoms with Crippen LogP contribution in [0.1, 0.15) is 19.8 Å². The fraction of sp³-hybridized carbons (Fsp3) is 0.194. The van der Waals surface area contributed by atoms with Crippen molar-refractivity contribution in [3.05, 3.63) is 121 Å². The maximum atomic E-state index is 5.67. The van der Waals surface area contributed by atoms with Crippen LogP contribution >= 0.6 is 27.7 Å². The molecule has 0 bridgehead atoms. The average molecular weight is 624 g/mol. The minimum Gasteiger partial charge on any atom is -0.457 e. The van der Waals surface area contributed by atoms with E-state index in [1.54, 1.807) is 11.8 Å². The van der Waals surface area contributed by atoms with Crippen molar-refractivity contribution >= 4 is 48.3 Å². The predicted octanol–water partition coefficient (Wildman–Crippen LogP) is 7.39. The first-order valence-corrected chi connectivity index (χ1v) is 16.8.